The van der Waals surface area contributed by atoms with Gasteiger partial charge in [0.1, 0.15) is 5.60 Å². The molecule has 0 aliphatic carbocycles. The summed E-state index contributed by atoms with van der Waals surface area (Å²) in [6.45, 7) is 15.8. The molecular formula is C28H40BN3O5. The highest BCUT2D eigenvalue weighted by atomic mass is 16.7. The van der Waals surface area contributed by atoms with Gasteiger partial charge in [0, 0.05) is 25.1 Å². The van der Waals surface area contributed by atoms with Crippen molar-refractivity contribution in [1.82, 2.24) is 14.7 Å². The van der Waals surface area contributed by atoms with Crippen molar-refractivity contribution in [2.24, 2.45) is 0 Å². The molecule has 0 bridgehead atoms. The first-order chi connectivity index (χ1) is 17.3. The van der Waals surface area contributed by atoms with Crippen molar-refractivity contribution in [1.29, 1.82) is 0 Å². The van der Waals surface area contributed by atoms with Crippen LogP contribution in [0.3, 0.4) is 0 Å². The molecule has 3 aliphatic rings. The number of nitrogens with zero attached hydrogens (tertiary/aromatic N) is 3. The molecule has 0 saturated carbocycles. The number of ether oxygens (including phenoxy) is 2. The van der Waals surface area contributed by atoms with Gasteiger partial charge in [-0.1, -0.05) is 18.2 Å². The maximum absolute atomic E-state index is 12.6. The summed E-state index contributed by atoms with van der Waals surface area (Å²) in [6, 6.07) is 6.34. The van der Waals surface area contributed by atoms with Crippen molar-refractivity contribution < 1.29 is 23.6 Å². The maximum Gasteiger partial charge on any atom is 0.494 e. The Kier molecular flexibility index (Phi) is 6.70. The van der Waals surface area contributed by atoms with Crippen LogP contribution in [-0.4, -0.2) is 64.4 Å². The fourth-order valence-corrected chi connectivity index (χ4v) is 5.03. The van der Waals surface area contributed by atoms with Gasteiger partial charge >= 0.3 is 13.2 Å². The number of amides is 1. The quantitative estimate of drug-likeness (QED) is 0.539. The number of benzene rings is 1. The maximum atomic E-state index is 12.6. The van der Waals surface area contributed by atoms with Crippen molar-refractivity contribution in [3.8, 4) is 0 Å². The van der Waals surface area contributed by atoms with E-state index in [1.807, 2.05) is 25.5 Å². The first-order valence-corrected chi connectivity index (χ1v) is 13.5. The molecule has 5 rings (SSSR count). The lowest BCUT2D eigenvalue weighted by atomic mass is 9.78. The summed E-state index contributed by atoms with van der Waals surface area (Å²) in [5.74, 6) is 0. The monoisotopic (exact) mass is 509 g/mol. The second-order valence-electron chi connectivity index (χ2n) is 12.4. The molecule has 1 unspecified atom stereocenters. The van der Waals surface area contributed by atoms with Gasteiger partial charge in [-0.05, 0) is 91.3 Å². The standard InChI is InChI=1S/C28H40BN3O5/c1-26(2,3)35-25(33)31-15-13-19(14-16-31)24-21-18-20(29-36-27(4,5)28(6,7)37-29)11-12-22(21)32(30-24)23-10-8-9-17-34-23/h11-13,18,23H,8-10,14-17H2,1-7H3. The molecule has 2 saturated heterocycles. The summed E-state index contributed by atoms with van der Waals surface area (Å²) < 4.78 is 26.4. The minimum atomic E-state index is -0.514. The number of rotatable bonds is 3. The average molecular weight is 509 g/mol. The van der Waals surface area contributed by atoms with Gasteiger partial charge in [-0.2, -0.15) is 5.10 Å². The molecule has 200 valence electrons. The highest BCUT2D eigenvalue weighted by Gasteiger charge is 2.51. The fraction of sp³-hybridized carbons (Fsp3) is 0.643. The van der Waals surface area contributed by atoms with Gasteiger partial charge in [-0.15, -0.1) is 0 Å². The van der Waals surface area contributed by atoms with E-state index < -0.39 is 23.9 Å². The zero-order chi connectivity index (χ0) is 26.6. The van der Waals surface area contributed by atoms with Gasteiger partial charge in [0.15, 0.2) is 6.23 Å². The fourth-order valence-electron chi connectivity index (χ4n) is 5.03. The zero-order valence-corrected chi connectivity index (χ0v) is 23.3. The second-order valence-corrected chi connectivity index (χ2v) is 12.4. The van der Waals surface area contributed by atoms with E-state index in [0.717, 1.165) is 53.5 Å². The summed E-state index contributed by atoms with van der Waals surface area (Å²) in [7, 11) is -0.445. The first-order valence-electron chi connectivity index (χ1n) is 13.5. The molecule has 2 fully saturated rings. The Labute approximate surface area is 220 Å². The van der Waals surface area contributed by atoms with Crippen LogP contribution in [0.5, 0.6) is 0 Å². The summed E-state index contributed by atoms with van der Waals surface area (Å²) >= 11 is 0. The molecule has 9 heteroatoms. The van der Waals surface area contributed by atoms with E-state index in [9.17, 15) is 4.79 Å². The molecule has 2 aromatic rings. The lowest BCUT2D eigenvalue weighted by Gasteiger charge is -2.32. The zero-order valence-electron chi connectivity index (χ0n) is 23.3. The third kappa shape index (κ3) is 5.18. The first kappa shape index (κ1) is 26.3. The van der Waals surface area contributed by atoms with Crippen LogP contribution in [0.1, 0.15) is 86.1 Å². The van der Waals surface area contributed by atoms with E-state index in [0.29, 0.717) is 19.5 Å². The van der Waals surface area contributed by atoms with Gasteiger partial charge in [0.25, 0.3) is 0 Å². The number of hydrogen-bond acceptors (Lipinski definition) is 6. The Morgan fingerprint density at radius 3 is 2.46 bits per heavy atom. The van der Waals surface area contributed by atoms with Crippen LogP contribution in [0.2, 0.25) is 0 Å². The molecule has 3 aliphatic heterocycles. The third-order valence-electron chi connectivity index (χ3n) is 7.85. The summed E-state index contributed by atoms with van der Waals surface area (Å²) in [5.41, 5.74) is 2.75. The molecule has 8 nitrogen and oxygen atoms in total. The van der Waals surface area contributed by atoms with Crippen molar-refractivity contribution in [2.75, 3.05) is 19.7 Å². The van der Waals surface area contributed by atoms with E-state index in [4.69, 9.17) is 23.9 Å². The lowest BCUT2D eigenvalue weighted by molar-refractivity contribution is -0.0367. The molecule has 0 spiro atoms. The van der Waals surface area contributed by atoms with Crippen LogP contribution in [0.15, 0.2) is 24.3 Å². The third-order valence-corrected chi connectivity index (χ3v) is 7.85. The smallest absolute Gasteiger partial charge is 0.444 e. The van der Waals surface area contributed by atoms with Gasteiger partial charge in [0.05, 0.1) is 22.4 Å². The van der Waals surface area contributed by atoms with E-state index >= 15 is 0 Å². The summed E-state index contributed by atoms with van der Waals surface area (Å²) in [5, 5.41) is 6.15. The molecule has 1 aromatic heterocycles. The van der Waals surface area contributed by atoms with Crippen LogP contribution >= 0.6 is 0 Å². The van der Waals surface area contributed by atoms with Gasteiger partial charge in [-0.3, -0.25) is 0 Å². The van der Waals surface area contributed by atoms with Gasteiger partial charge < -0.3 is 23.7 Å². The Bertz CT molecular complexity index is 1190. The number of hydrogen-bond donors (Lipinski definition) is 0. The Hall–Kier alpha value is -2.36. The van der Waals surface area contributed by atoms with E-state index in [2.05, 4.69) is 52.0 Å². The number of carbonyl (C=O) groups excluding carboxylic acids is 1. The van der Waals surface area contributed by atoms with Crippen molar-refractivity contribution >= 4 is 35.2 Å². The van der Waals surface area contributed by atoms with Crippen LogP contribution in [0.4, 0.5) is 4.79 Å². The normalized spacial score (nSPS) is 23.9. The molecule has 4 heterocycles. The Balaban J connectivity index is 1.49. The molecule has 0 N–H and O–H groups in total. The van der Waals surface area contributed by atoms with Gasteiger partial charge in [0.2, 0.25) is 0 Å². The minimum Gasteiger partial charge on any atom is -0.444 e. The Morgan fingerprint density at radius 1 is 1.14 bits per heavy atom. The SMILES string of the molecule is CC(C)(C)OC(=O)N1CC=C(c2nn(C3CCCCO3)c3ccc(B4OC(C)(C)C(C)(C)O4)cc23)CC1. The van der Waals surface area contributed by atoms with Gasteiger partial charge in [-0.25, -0.2) is 9.48 Å². The molecule has 1 aromatic carbocycles. The molecule has 1 amide bonds. The molecular weight excluding hydrogens is 469 g/mol. The van der Waals surface area contributed by atoms with Crippen LogP contribution in [0.25, 0.3) is 16.5 Å². The number of carbonyl (C=O) groups is 1. The van der Waals surface area contributed by atoms with Crippen molar-refractivity contribution in [3.05, 3.63) is 30.0 Å². The van der Waals surface area contributed by atoms with E-state index in [1.54, 1.807) is 4.90 Å². The topological polar surface area (TPSA) is 75.1 Å². The Morgan fingerprint density at radius 2 is 1.86 bits per heavy atom. The van der Waals surface area contributed by atoms with E-state index in [1.165, 1.54) is 0 Å². The van der Waals surface area contributed by atoms with E-state index in [-0.39, 0.29) is 12.3 Å². The van der Waals surface area contributed by atoms with Crippen LogP contribution < -0.4 is 5.46 Å². The predicted octanol–water partition coefficient (Wildman–Crippen LogP) is 5.06. The number of aromatic nitrogens is 2. The molecule has 37 heavy (non-hydrogen) atoms. The second kappa shape index (κ2) is 9.44. The average Bonchev–Trinajstić information content (AvgIpc) is 3.32. The van der Waals surface area contributed by atoms with Crippen LogP contribution in [0, 0.1) is 0 Å². The summed E-state index contributed by atoms with van der Waals surface area (Å²) in [4.78, 5) is 14.3. The highest BCUT2D eigenvalue weighted by Crippen LogP contribution is 2.38. The number of fused-ring (bicyclic) bond motifs is 1. The summed E-state index contributed by atoms with van der Waals surface area (Å²) in [6.07, 6.45) is 5.61. The largest absolute Gasteiger partial charge is 0.494 e. The molecule has 1 atom stereocenters. The van der Waals surface area contributed by atoms with Crippen molar-refractivity contribution in [3.63, 3.8) is 0 Å². The predicted molar refractivity (Wildman–Crippen MR) is 145 cm³/mol. The van der Waals surface area contributed by atoms with Crippen molar-refractivity contribution in [2.45, 2.75) is 97.2 Å². The van der Waals surface area contributed by atoms with Crippen LogP contribution in [-0.2, 0) is 18.8 Å². The molecule has 0 radical (unpaired) electrons. The minimum absolute atomic E-state index is 0.0739. The lowest BCUT2D eigenvalue weighted by Crippen LogP contribution is -2.41. The highest BCUT2D eigenvalue weighted by molar-refractivity contribution is 6.62.